The third-order valence-corrected chi connectivity index (χ3v) is 8.99. The first-order chi connectivity index (χ1) is 13.9. The molecule has 0 spiro atoms. The minimum Gasteiger partial charge on any atom is -0.387 e. The molecule has 0 amide bonds. The van der Waals surface area contributed by atoms with Crippen LogP contribution in [0.1, 0.15) is 58.3 Å². The molecule has 3 saturated carbocycles. The number of hydrogen-bond acceptors (Lipinski definition) is 4. The third kappa shape index (κ3) is 3.09. The Balaban J connectivity index is 1.34. The molecular formula is C23H32FN3O2. The maximum Gasteiger partial charge on any atom is 0.159 e. The van der Waals surface area contributed by atoms with E-state index in [1.54, 1.807) is 12.4 Å². The second kappa shape index (κ2) is 7.00. The van der Waals surface area contributed by atoms with Crippen molar-refractivity contribution in [2.24, 2.45) is 35.0 Å². The van der Waals surface area contributed by atoms with Crippen LogP contribution < -0.4 is 0 Å². The van der Waals surface area contributed by atoms with Gasteiger partial charge in [0.05, 0.1) is 18.0 Å². The van der Waals surface area contributed by atoms with Gasteiger partial charge in [-0.25, -0.2) is 4.39 Å². The Morgan fingerprint density at radius 2 is 2.00 bits per heavy atom. The Kier molecular flexibility index (Phi) is 4.68. The van der Waals surface area contributed by atoms with Crippen LogP contribution in [0.2, 0.25) is 0 Å². The number of Topliss-reactive ketones (excluding diaryl/α,β-unsaturated/α-hetero) is 1. The van der Waals surface area contributed by atoms with Gasteiger partial charge in [0.2, 0.25) is 0 Å². The molecule has 1 heterocycles. The molecule has 0 aromatic carbocycles. The fourth-order valence-corrected chi connectivity index (χ4v) is 7.58. The molecule has 6 heteroatoms. The quantitative estimate of drug-likeness (QED) is 0.781. The summed E-state index contributed by atoms with van der Waals surface area (Å²) in [5, 5.41) is 18.7. The van der Waals surface area contributed by atoms with E-state index in [1.165, 1.54) is 10.4 Å². The summed E-state index contributed by atoms with van der Waals surface area (Å²) in [5.74, 6) is 2.74. The number of fused-ring (bicyclic) bond motifs is 5. The number of carbonyl (C=O) groups excluding carboxylic acids is 1. The number of alkyl halides is 1. The fourth-order valence-electron chi connectivity index (χ4n) is 7.58. The van der Waals surface area contributed by atoms with Crippen LogP contribution in [0.3, 0.4) is 0 Å². The van der Waals surface area contributed by atoms with Crippen LogP contribution in [0.5, 0.6) is 0 Å². The first kappa shape index (κ1) is 19.4. The standard InChI is InChI=1S/C23H32FN3O2/c1-22-8-6-17-16-7-9-23(29,14-24)12-15(16)2-3-18(17)19(22)4-5-20(22)21(28)13-27-25-10-11-26-27/h2,10-11,16-20,29H,3-9,12-14H2,1H3. The first-order valence-corrected chi connectivity index (χ1v) is 11.3. The van der Waals surface area contributed by atoms with Crippen molar-refractivity contribution in [3.63, 3.8) is 0 Å². The predicted molar refractivity (Wildman–Crippen MR) is 107 cm³/mol. The topological polar surface area (TPSA) is 68.0 Å². The normalized spacial score (nSPS) is 43.8. The maximum absolute atomic E-state index is 13.3. The number of aliphatic hydroxyl groups is 1. The number of hydrogen-bond donors (Lipinski definition) is 1. The van der Waals surface area contributed by atoms with E-state index >= 15 is 0 Å². The molecule has 3 fully saturated rings. The lowest BCUT2D eigenvalue weighted by Gasteiger charge is -2.54. The van der Waals surface area contributed by atoms with Crippen LogP contribution in [0.25, 0.3) is 0 Å². The summed E-state index contributed by atoms with van der Waals surface area (Å²) >= 11 is 0. The van der Waals surface area contributed by atoms with Crippen LogP contribution in [-0.2, 0) is 11.3 Å². The number of rotatable bonds is 4. The molecule has 1 N–H and O–H groups in total. The smallest absolute Gasteiger partial charge is 0.159 e. The Labute approximate surface area is 171 Å². The summed E-state index contributed by atoms with van der Waals surface area (Å²) in [5.41, 5.74) is 0.242. The van der Waals surface area contributed by atoms with Gasteiger partial charge in [0.1, 0.15) is 13.2 Å². The molecule has 5 nitrogen and oxygen atoms in total. The molecule has 4 aliphatic rings. The Hall–Kier alpha value is -1.56. The fraction of sp³-hybridized carbons (Fsp3) is 0.783. The van der Waals surface area contributed by atoms with Crippen LogP contribution in [0.4, 0.5) is 4.39 Å². The van der Waals surface area contributed by atoms with Gasteiger partial charge in [0, 0.05) is 5.92 Å². The van der Waals surface area contributed by atoms with Crippen molar-refractivity contribution in [3.8, 4) is 0 Å². The average Bonchev–Trinajstić information content (AvgIpc) is 3.34. The van der Waals surface area contributed by atoms with E-state index in [1.807, 2.05) is 0 Å². The molecule has 7 atom stereocenters. The molecule has 29 heavy (non-hydrogen) atoms. The van der Waals surface area contributed by atoms with Gasteiger partial charge in [0.15, 0.2) is 5.78 Å². The maximum atomic E-state index is 13.3. The van der Waals surface area contributed by atoms with Gasteiger partial charge >= 0.3 is 0 Å². The second-order valence-corrected chi connectivity index (χ2v) is 10.3. The van der Waals surface area contributed by atoms with E-state index in [0.29, 0.717) is 36.5 Å². The van der Waals surface area contributed by atoms with Gasteiger partial charge in [-0.3, -0.25) is 4.79 Å². The monoisotopic (exact) mass is 401 g/mol. The lowest BCUT2D eigenvalue weighted by Crippen LogP contribution is -2.49. The van der Waals surface area contributed by atoms with E-state index in [0.717, 1.165) is 38.5 Å². The van der Waals surface area contributed by atoms with Gasteiger partial charge in [-0.15, -0.1) is 0 Å². The molecule has 0 saturated heterocycles. The lowest BCUT2D eigenvalue weighted by molar-refractivity contribution is -0.130. The molecule has 1 aromatic heterocycles. The van der Waals surface area contributed by atoms with Gasteiger partial charge in [-0.05, 0) is 80.5 Å². The van der Waals surface area contributed by atoms with E-state index in [4.69, 9.17) is 0 Å². The summed E-state index contributed by atoms with van der Waals surface area (Å²) in [4.78, 5) is 14.6. The van der Waals surface area contributed by atoms with Gasteiger partial charge in [-0.1, -0.05) is 18.6 Å². The third-order valence-electron chi connectivity index (χ3n) is 8.99. The summed E-state index contributed by atoms with van der Waals surface area (Å²) in [6, 6.07) is 0. The molecule has 0 bridgehead atoms. The van der Waals surface area contributed by atoms with Crippen molar-refractivity contribution >= 4 is 5.78 Å². The Morgan fingerprint density at radius 1 is 1.21 bits per heavy atom. The van der Waals surface area contributed by atoms with Crippen LogP contribution in [0, 0.1) is 35.0 Å². The molecule has 0 aliphatic heterocycles. The molecular weight excluding hydrogens is 369 g/mol. The van der Waals surface area contributed by atoms with Gasteiger partial charge in [-0.2, -0.15) is 15.0 Å². The van der Waals surface area contributed by atoms with Crippen LogP contribution in [0.15, 0.2) is 24.0 Å². The summed E-state index contributed by atoms with van der Waals surface area (Å²) in [7, 11) is 0. The molecule has 4 aliphatic carbocycles. The predicted octanol–water partition coefficient (Wildman–Crippen LogP) is 3.74. The number of halogens is 1. The van der Waals surface area contributed by atoms with Gasteiger partial charge < -0.3 is 5.11 Å². The van der Waals surface area contributed by atoms with Crippen molar-refractivity contribution in [1.82, 2.24) is 15.0 Å². The van der Waals surface area contributed by atoms with Crippen molar-refractivity contribution < 1.29 is 14.3 Å². The highest BCUT2D eigenvalue weighted by Crippen LogP contribution is 2.63. The molecule has 158 valence electrons. The van der Waals surface area contributed by atoms with Crippen molar-refractivity contribution in [1.29, 1.82) is 0 Å². The van der Waals surface area contributed by atoms with Gasteiger partial charge in [0.25, 0.3) is 0 Å². The number of nitrogens with zero attached hydrogens (tertiary/aromatic N) is 3. The minimum atomic E-state index is -1.14. The zero-order valence-corrected chi connectivity index (χ0v) is 17.3. The van der Waals surface area contributed by atoms with E-state index in [-0.39, 0.29) is 23.7 Å². The highest BCUT2D eigenvalue weighted by molar-refractivity contribution is 5.82. The summed E-state index contributed by atoms with van der Waals surface area (Å²) < 4.78 is 13.3. The minimum absolute atomic E-state index is 0.0745. The number of ketones is 1. The zero-order valence-electron chi connectivity index (χ0n) is 17.3. The van der Waals surface area contributed by atoms with E-state index < -0.39 is 12.3 Å². The Bertz CT molecular complexity index is 809. The van der Waals surface area contributed by atoms with Crippen molar-refractivity contribution in [2.45, 2.75) is 70.4 Å². The second-order valence-electron chi connectivity index (χ2n) is 10.3. The number of carbonyl (C=O) groups is 1. The molecule has 7 unspecified atom stereocenters. The summed E-state index contributed by atoms with van der Waals surface area (Å²) in [6.07, 6.45) is 12.9. The SMILES string of the molecule is CC12CCC3C4CCC(O)(CF)CC4=CCC3C1CCC2C(=O)Cn1nccn1. The largest absolute Gasteiger partial charge is 0.387 e. The summed E-state index contributed by atoms with van der Waals surface area (Å²) in [6.45, 7) is 1.99. The van der Waals surface area contributed by atoms with E-state index in [9.17, 15) is 14.3 Å². The van der Waals surface area contributed by atoms with Crippen LogP contribution >= 0.6 is 0 Å². The highest BCUT2D eigenvalue weighted by atomic mass is 19.1. The highest BCUT2D eigenvalue weighted by Gasteiger charge is 2.57. The average molecular weight is 402 g/mol. The Morgan fingerprint density at radius 3 is 2.76 bits per heavy atom. The van der Waals surface area contributed by atoms with Crippen LogP contribution in [-0.4, -0.2) is 38.2 Å². The molecule has 1 aromatic rings. The lowest BCUT2D eigenvalue weighted by atomic mass is 9.51. The van der Waals surface area contributed by atoms with Crippen molar-refractivity contribution in [2.75, 3.05) is 6.67 Å². The number of aromatic nitrogens is 3. The zero-order chi connectivity index (χ0) is 20.2. The van der Waals surface area contributed by atoms with E-state index in [2.05, 4.69) is 23.2 Å². The number of allylic oxidation sites excluding steroid dienone is 1. The molecule has 0 radical (unpaired) electrons. The first-order valence-electron chi connectivity index (χ1n) is 11.3. The molecule has 5 rings (SSSR count). The van der Waals surface area contributed by atoms with Crippen molar-refractivity contribution in [3.05, 3.63) is 24.0 Å².